The zero-order valence-corrected chi connectivity index (χ0v) is 14.2. The Morgan fingerprint density at radius 1 is 0.880 bits per heavy atom. The molecule has 0 saturated carbocycles. The number of anilines is 1. The Bertz CT molecular complexity index is 751. The number of carbonyl (C=O) groups is 3. The SMILES string of the molecule is COC(=O)c1cc(NC(=O)[C@H](C)c2ccccc2)cc(C(=O)OC)c1. The van der Waals surface area contributed by atoms with Crippen molar-refractivity contribution >= 4 is 23.5 Å². The fraction of sp³-hybridized carbons (Fsp3) is 0.211. The zero-order chi connectivity index (χ0) is 18.4. The average molecular weight is 341 g/mol. The van der Waals surface area contributed by atoms with Crippen LogP contribution in [0.25, 0.3) is 0 Å². The summed E-state index contributed by atoms with van der Waals surface area (Å²) in [5.41, 5.74) is 1.47. The van der Waals surface area contributed by atoms with E-state index in [1.54, 1.807) is 6.92 Å². The van der Waals surface area contributed by atoms with Crippen LogP contribution >= 0.6 is 0 Å². The molecule has 0 saturated heterocycles. The minimum Gasteiger partial charge on any atom is -0.465 e. The Hall–Kier alpha value is -3.15. The molecule has 0 aliphatic carbocycles. The van der Waals surface area contributed by atoms with Gasteiger partial charge < -0.3 is 14.8 Å². The van der Waals surface area contributed by atoms with Crippen molar-refractivity contribution < 1.29 is 23.9 Å². The molecule has 0 unspecified atom stereocenters. The predicted octanol–water partition coefficient (Wildman–Crippen LogP) is 3.00. The molecule has 0 aliphatic heterocycles. The number of rotatable bonds is 5. The number of methoxy groups -OCH3 is 2. The van der Waals surface area contributed by atoms with Crippen LogP contribution in [0.15, 0.2) is 48.5 Å². The van der Waals surface area contributed by atoms with Crippen LogP contribution in [0.3, 0.4) is 0 Å². The first-order valence-corrected chi connectivity index (χ1v) is 7.63. The molecule has 2 aromatic rings. The minimum atomic E-state index is -0.614. The van der Waals surface area contributed by atoms with Gasteiger partial charge in [0.1, 0.15) is 0 Å². The Morgan fingerprint density at radius 2 is 1.40 bits per heavy atom. The molecule has 6 nitrogen and oxygen atoms in total. The standard InChI is InChI=1S/C19H19NO5/c1-12(13-7-5-4-6-8-13)17(21)20-16-10-14(18(22)24-2)9-15(11-16)19(23)25-3/h4-12H,1-3H3,(H,20,21)/t12-/m1/s1. The van der Waals surface area contributed by atoms with Crippen molar-refractivity contribution in [1.29, 1.82) is 0 Å². The van der Waals surface area contributed by atoms with E-state index >= 15 is 0 Å². The van der Waals surface area contributed by atoms with Crippen LogP contribution in [0.5, 0.6) is 0 Å². The molecule has 6 heteroatoms. The van der Waals surface area contributed by atoms with Gasteiger partial charge in [0.05, 0.1) is 31.3 Å². The molecule has 25 heavy (non-hydrogen) atoms. The first-order chi connectivity index (χ1) is 12.0. The second-order valence-corrected chi connectivity index (χ2v) is 5.40. The number of amides is 1. The molecule has 1 N–H and O–H groups in total. The van der Waals surface area contributed by atoms with Crippen LogP contribution in [0.1, 0.15) is 39.1 Å². The second kappa shape index (κ2) is 8.10. The summed E-state index contributed by atoms with van der Waals surface area (Å²) < 4.78 is 9.36. The number of benzene rings is 2. The van der Waals surface area contributed by atoms with E-state index in [9.17, 15) is 14.4 Å². The molecule has 0 fully saturated rings. The fourth-order valence-corrected chi connectivity index (χ4v) is 2.31. The molecule has 0 heterocycles. The molecular formula is C19H19NO5. The third kappa shape index (κ3) is 4.44. The third-order valence-electron chi connectivity index (χ3n) is 3.74. The van der Waals surface area contributed by atoms with E-state index in [0.717, 1.165) is 5.56 Å². The molecule has 0 radical (unpaired) electrons. The molecule has 0 bridgehead atoms. The number of esters is 2. The van der Waals surface area contributed by atoms with Crippen LogP contribution in [0.2, 0.25) is 0 Å². The molecule has 0 spiro atoms. The lowest BCUT2D eigenvalue weighted by atomic mass is 10.00. The van der Waals surface area contributed by atoms with Crippen molar-refractivity contribution in [3.63, 3.8) is 0 Å². The summed E-state index contributed by atoms with van der Waals surface area (Å²) in [5, 5.41) is 2.72. The summed E-state index contributed by atoms with van der Waals surface area (Å²) in [4.78, 5) is 36.0. The molecule has 0 aliphatic rings. The second-order valence-electron chi connectivity index (χ2n) is 5.40. The van der Waals surface area contributed by atoms with Gasteiger partial charge in [0, 0.05) is 5.69 Å². The van der Waals surface area contributed by atoms with E-state index in [4.69, 9.17) is 0 Å². The number of carbonyl (C=O) groups excluding carboxylic acids is 3. The van der Waals surface area contributed by atoms with Crippen molar-refractivity contribution in [2.75, 3.05) is 19.5 Å². The maximum absolute atomic E-state index is 12.5. The normalized spacial score (nSPS) is 11.3. The predicted molar refractivity (Wildman–Crippen MR) is 92.6 cm³/mol. The maximum atomic E-state index is 12.5. The van der Waals surface area contributed by atoms with E-state index in [0.29, 0.717) is 5.69 Å². The van der Waals surface area contributed by atoms with Crippen LogP contribution in [0.4, 0.5) is 5.69 Å². The van der Waals surface area contributed by atoms with E-state index < -0.39 is 17.9 Å². The number of nitrogens with one attached hydrogen (secondary N) is 1. The quantitative estimate of drug-likeness (QED) is 0.846. The van der Waals surface area contributed by atoms with Gasteiger partial charge in [0.2, 0.25) is 5.91 Å². The van der Waals surface area contributed by atoms with Gasteiger partial charge in [-0.1, -0.05) is 30.3 Å². The Balaban J connectivity index is 2.29. The summed E-state index contributed by atoms with van der Waals surface area (Å²) in [6.45, 7) is 1.77. The Kier molecular flexibility index (Phi) is 5.89. The highest BCUT2D eigenvalue weighted by Gasteiger charge is 2.18. The summed E-state index contributed by atoms with van der Waals surface area (Å²) in [6, 6.07) is 13.6. The highest BCUT2D eigenvalue weighted by Crippen LogP contribution is 2.21. The first-order valence-electron chi connectivity index (χ1n) is 7.63. The number of hydrogen-bond donors (Lipinski definition) is 1. The molecule has 1 amide bonds. The fourth-order valence-electron chi connectivity index (χ4n) is 2.31. The summed E-state index contributed by atoms with van der Waals surface area (Å²) >= 11 is 0. The largest absolute Gasteiger partial charge is 0.465 e. The van der Waals surface area contributed by atoms with Crippen LogP contribution < -0.4 is 5.32 Å². The number of hydrogen-bond acceptors (Lipinski definition) is 5. The lowest BCUT2D eigenvalue weighted by Gasteiger charge is -2.14. The van der Waals surface area contributed by atoms with Crippen molar-refractivity contribution in [3.8, 4) is 0 Å². The van der Waals surface area contributed by atoms with Crippen molar-refractivity contribution in [3.05, 3.63) is 65.2 Å². The molecule has 2 rings (SSSR count). The van der Waals surface area contributed by atoms with E-state index in [1.807, 2.05) is 30.3 Å². The van der Waals surface area contributed by atoms with Crippen molar-refractivity contribution in [2.24, 2.45) is 0 Å². The van der Waals surface area contributed by atoms with Crippen molar-refractivity contribution in [1.82, 2.24) is 0 Å². The summed E-state index contributed by atoms with van der Waals surface area (Å²) in [6.07, 6.45) is 0. The zero-order valence-electron chi connectivity index (χ0n) is 14.2. The number of ether oxygens (including phenoxy) is 2. The van der Waals surface area contributed by atoms with Gasteiger partial charge in [-0.3, -0.25) is 4.79 Å². The molecule has 1 atom stereocenters. The average Bonchev–Trinajstić information content (AvgIpc) is 2.66. The smallest absolute Gasteiger partial charge is 0.337 e. The Morgan fingerprint density at radius 3 is 1.88 bits per heavy atom. The van der Waals surface area contributed by atoms with Crippen LogP contribution in [-0.4, -0.2) is 32.1 Å². The summed E-state index contributed by atoms with van der Waals surface area (Å²) in [7, 11) is 2.48. The highest BCUT2D eigenvalue weighted by molar-refractivity contribution is 6.00. The van der Waals surface area contributed by atoms with E-state index in [1.165, 1.54) is 32.4 Å². The maximum Gasteiger partial charge on any atom is 0.337 e. The third-order valence-corrected chi connectivity index (χ3v) is 3.74. The monoisotopic (exact) mass is 341 g/mol. The van der Waals surface area contributed by atoms with E-state index in [-0.39, 0.29) is 17.0 Å². The highest BCUT2D eigenvalue weighted by atomic mass is 16.5. The first kappa shape index (κ1) is 18.2. The van der Waals surface area contributed by atoms with Crippen LogP contribution in [-0.2, 0) is 14.3 Å². The van der Waals surface area contributed by atoms with Gasteiger partial charge in [-0.15, -0.1) is 0 Å². The van der Waals surface area contributed by atoms with Gasteiger partial charge in [-0.2, -0.15) is 0 Å². The van der Waals surface area contributed by atoms with Crippen LogP contribution in [0, 0.1) is 0 Å². The lowest BCUT2D eigenvalue weighted by Crippen LogP contribution is -2.19. The topological polar surface area (TPSA) is 81.7 Å². The summed E-state index contributed by atoms with van der Waals surface area (Å²) in [5.74, 6) is -1.89. The van der Waals surface area contributed by atoms with Gasteiger partial charge in [0.15, 0.2) is 0 Å². The van der Waals surface area contributed by atoms with Gasteiger partial charge >= 0.3 is 11.9 Å². The molecule has 130 valence electrons. The van der Waals surface area contributed by atoms with Gasteiger partial charge in [-0.25, -0.2) is 9.59 Å². The van der Waals surface area contributed by atoms with Crippen molar-refractivity contribution in [2.45, 2.75) is 12.8 Å². The molecule has 2 aromatic carbocycles. The van der Waals surface area contributed by atoms with E-state index in [2.05, 4.69) is 14.8 Å². The molecule has 0 aromatic heterocycles. The van der Waals surface area contributed by atoms with Gasteiger partial charge in [0.25, 0.3) is 0 Å². The molecular weight excluding hydrogens is 322 g/mol. The Labute approximate surface area is 145 Å². The lowest BCUT2D eigenvalue weighted by molar-refractivity contribution is -0.117. The van der Waals surface area contributed by atoms with Gasteiger partial charge in [-0.05, 0) is 30.7 Å². The minimum absolute atomic E-state index is 0.146.